The fourth-order valence-corrected chi connectivity index (χ4v) is 2.42. The maximum Gasteiger partial charge on any atom is 0.134 e. The van der Waals surface area contributed by atoms with Crippen LogP contribution in [0.5, 0.6) is 5.75 Å². The van der Waals surface area contributed by atoms with Crippen molar-refractivity contribution in [1.29, 1.82) is 0 Å². The molecule has 110 valence electrons. The minimum Gasteiger partial charge on any atom is -0.494 e. The molecule has 1 aromatic heterocycles. The maximum absolute atomic E-state index is 6.00. The molecule has 1 atom stereocenters. The van der Waals surface area contributed by atoms with Crippen molar-refractivity contribution in [2.24, 2.45) is 5.92 Å². The summed E-state index contributed by atoms with van der Waals surface area (Å²) in [6, 6.07) is 8.39. The van der Waals surface area contributed by atoms with Gasteiger partial charge in [0, 0.05) is 5.39 Å². The Bertz CT molecular complexity index is 545. The number of ether oxygens (including phenoxy) is 1. The Balaban J connectivity index is 2.28. The van der Waals surface area contributed by atoms with E-state index in [1.807, 2.05) is 25.1 Å². The molecule has 20 heavy (non-hydrogen) atoms. The normalized spacial score (nSPS) is 13.1. The van der Waals surface area contributed by atoms with E-state index in [4.69, 9.17) is 9.15 Å². The van der Waals surface area contributed by atoms with Crippen LogP contribution in [0.2, 0.25) is 0 Å². The molecule has 0 saturated heterocycles. The molecule has 3 heteroatoms. The summed E-state index contributed by atoms with van der Waals surface area (Å²) in [6.07, 6.45) is 1.12. The Hall–Kier alpha value is -1.48. The Morgan fingerprint density at radius 1 is 1.20 bits per heavy atom. The Labute approximate surface area is 121 Å². The lowest BCUT2D eigenvalue weighted by Crippen LogP contribution is -2.25. The van der Waals surface area contributed by atoms with Crippen molar-refractivity contribution in [2.45, 2.75) is 40.2 Å². The lowest BCUT2D eigenvalue weighted by Gasteiger charge is -2.19. The van der Waals surface area contributed by atoms with Gasteiger partial charge >= 0.3 is 0 Å². The van der Waals surface area contributed by atoms with Gasteiger partial charge in [0.05, 0.1) is 12.6 Å². The van der Waals surface area contributed by atoms with Crippen molar-refractivity contribution in [3.63, 3.8) is 0 Å². The molecule has 0 bridgehead atoms. The van der Waals surface area contributed by atoms with E-state index in [9.17, 15) is 0 Å². The molecule has 1 unspecified atom stereocenters. The van der Waals surface area contributed by atoms with Crippen LogP contribution in [0.4, 0.5) is 0 Å². The molecule has 1 aromatic carbocycles. The van der Waals surface area contributed by atoms with Crippen LogP contribution < -0.4 is 10.1 Å². The van der Waals surface area contributed by atoms with Crippen molar-refractivity contribution in [3.05, 3.63) is 30.0 Å². The first-order chi connectivity index (χ1) is 9.65. The first-order valence-corrected chi connectivity index (χ1v) is 7.55. The summed E-state index contributed by atoms with van der Waals surface area (Å²) in [4.78, 5) is 0. The van der Waals surface area contributed by atoms with Crippen molar-refractivity contribution in [1.82, 2.24) is 5.32 Å². The van der Waals surface area contributed by atoms with Gasteiger partial charge in [-0.25, -0.2) is 0 Å². The van der Waals surface area contributed by atoms with E-state index < -0.39 is 0 Å². The fourth-order valence-electron chi connectivity index (χ4n) is 2.42. The standard InChI is InChI=1S/C17H25NO2/c1-5-9-18-17(12(3)4)16-11-13-10-14(19-6-2)7-8-15(13)20-16/h7-8,10-12,17-18H,5-6,9H2,1-4H3. The van der Waals surface area contributed by atoms with Gasteiger partial charge in [-0.3, -0.25) is 0 Å². The van der Waals surface area contributed by atoms with Crippen molar-refractivity contribution in [3.8, 4) is 5.75 Å². The molecule has 0 radical (unpaired) electrons. The average molecular weight is 275 g/mol. The summed E-state index contributed by atoms with van der Waals surface area (Å²) in [5.74, 6) is 2.40. The van der Waals surface area contributed by atoms with Crippen LogP contribution in [0, 0.1) is 5.92 Å². The van der Waals surface area contributed by atoms with Gasteiger partial charge in [0.25, 0.3) is 0 Å². The zero-order valence-electron chi connectivity index (χ0n) is 12.9. The monoisotopic (exact) mass is 275 g/mol. The molecular weight excluding hydrogens is 250 g/mol. The zero-order valence-corrected chi connectivity index (χ0v) is 12.9. The van der Waals surface area contributed by atoms with Gasteiger partial charge in [0.2, 0.25) is 0 Å². The maximum atomic E-state index is 6.00. The van der Waals surface area contributed by atoms with Gasteiger partial charge in [-0.05, 0) is 50.1 Å². The Morgan fingerprint density at radius 2 is 2.00 bits per heavy atom. The predicted octanol–water partition coefficient (Wildman–Crippen LogP) is 4.53. The highest BCUT2D eigenvalue weighted by Crippen LogP contribution is 2.30. The largest absolute Gasteiger partial charge is 0.494 e. The first-order valence-electron chi connectivity index (χ1n) is 7.55. The second-order valence-corrected chi connectivity index (χ2v) is 5.46. The van der Waals surface area contributed by atoms with Crippen LogP contribution >= 0.6 is 0 Å². The van der Waals surface area contributed by atoms with Crippen LogP contribution in [0.1, 0.15) is 45.9 Å². The summed E-state index contributed by atoms with van der Waals surface area (Å²) in [5, 5.41) is 4.67. The van der Waals surface area contributed by atoms with E-state index in [0.717, 1.165) is 35.4 Å². The van der Waals surface area contributed by atoms with Gasteiger partial charge in [-0.15, -0.1) is 0 Å². The third kappa shape index (κ3) is 3.34. The summed E-state index contributed by atoms with van der Waals surface area (Å²) in [5.41, 5.74) is 0.924. The summed E-state index contributed by atoms with van der Waals surface area (Å²) in [6.45, 7) is 10.3. The number of hydrogen-bond donors (Lipinski definition) is 1. The fraction of sp³-hybridized carbons (Fsp3) is 0.529. The minimum absolute atomic E-state index is 0.262. The molecule has 0 fully saturated rings. The number of fused-ring (bicyclic) bond motifs is 1. The molecule has 0 aliphatic carbocycles. The van der Waals surface area contributed by atoms with Gasteiger partial charge in [0.1, 0.15) is 17.1 Å². The second-order valence-electron chi connectivity index (χ2n) is 5.46. The highest BCUT2D eigenvalue weighted by atomic mass is 16.5. The smallest absolute Gasteiger partial charge is 0.134 e. The lowest BCUT2D eigenvalue weighted by atomic mass is 10.0. The summed E-state index contributed by atoms with van der Waals surface area (Å²) in [7, 11) is 0. The Kier molecular flexibility index (Phi) is 5.07. The van der Waals surface area contributed by atoms with Gasteiger partial charge in [-0.2, -0.15) is 0 Å². The Morgan fingerprint density at radius 3 is 2.65 bits per heavy atom. The molecule has 0 aliphatic rings. The van der Waals surface area contributed by atoms with Crippen LogP contribution in [0.25, 0.3) is 11.0 Å². The number of rotatable bonds is 7. The molecule has 0 amide bonds. The van der Waals surface area contributed by atoms with Gasteiger partial charge < -0.3 is 14.5 Å². The number of furan rings is 1. The molecule has 1 N–H and O–H groups in total. The zero-order chi connectivity index (χ0) is 14.5. The molecule has 1 heterocycles. The number of nitrogens with one attached hydrogen (secondary N) is 1. The van der Waals surface area contributed by atoms with Gasteiger partial charge in [-0.1, -0.05) is 20.8 Å². The lowest BCUT2D eigenvalue weighted by molar-refractivity contribution is 0.340. The van der Waals surface area contributed by atoms with Crippen LogP contribution in [-0.4, -0.2) is 13.2 Å². The van der Waals surface area contributed by atoms with Crippen LogP contribution in [0.3, 0.4) is 0 Å². The van der Waals surface area contributed by atoms with Crippen LogP contribution in [0.15, 0.2) is 28.7 Å². The summed E-state index contributed by atoms with van der Waals surface area (Å²) >= 11 is 0. The van der Waals surface area contributed by atoms with Crippen LogP contribution in [-0.2, 0) is 0 Å². The second kappa shape index (κ2) is 6.80. The highest BCUT2D eigenvalue weighted by molar-refractivity contribution is 5.79. The van der Waals surface area contributed by atoms with E-state index in [2.05, 4.69) is 32.2 Å². The third-order valence-electron chi connectivity index (χ3n) is 3.41. The van der Waals surface area contributed by atoms with Gasteiger partial charge in [0.15, 0.2) is 0 Å². The van der Waals surface area contributed by atoms with E-state index >= 15 is 0 Å². The molecule has 0 aliphatic heterocycles. The van der Waals surface area contributed by atoms with E-state index in [1.54, 1.807) is 0 Å². The molecule has 0 spiro atoms. The molecule has 2 rings (SSSR count). The van der Waals surface area contributed by atoms with Crippen molar-refractivity contribution < 1.29 is 9.15 Å². The molecule has 2 aromatic rings. The quantitative estimate of drug-likeness (QED) is 0.806. The van der Waals surface area contributed by atoms with E-state index in [0.29, 0.717) is 12.5 Å². The van der Waals surface area contributed by atoms with Crippen molar-refractivity contribution in [2.75, 3.05) is 13.2 Å². The van der Waals surface area contributed by atoms with Crippen molar-refractivity contribution >= 4 is 11.0 Å². The first kappa shape index (κ1) is 14.9. The third-order valence-corrected chi connectivity index (χ3v) is 3.41. The number of hydrogen-bond acceptors (Lipinski definition) is 3. The average Bonchev–Trinajstić information content (AvgIpc) is 2.82. The van der Waals surface area contributed by atoms with E-state index in [1.165, 1.54) is 0 Å². The SMILES string of the molecule is CCCNC(c1cc2cc(OCC)ccc2o1)C(C)C. The summed E-state index contributed by atoms with van der Waals surface area (Å²) < 4.78 is 11.5. The topological polar surface area (TPSA) is 34.4 Å². The highest BCUT2D eigenvalue weighted by Gasteiger charge is 2.19. The van der Waals surface area contributed by atoms with E-state index in [-0.39, 0.29) is 6.04 Å². The molecule has 0 saturated carbocycles. The molecular formula is C17H25NO2. The predicted molar refractivity (Wildman–Crippen MR) is 83.3 cm³/mol. The minimum atomic E-state index is 0.262. The number of benzene rings is 1. The molecule has 3 nitrogen and oxygen atoms in total.